The van der Waals surface area contributed by atoms with Gasteiger partial charge in [0.05, 0.1) is 5.75 Å². The summed E-state index contributed by atoms with van der Waals surface area (Å²) in [4.78, 5) is 12.0. The van der Waals surface area contributed by atoms with Crippen molar-refractivity contribution in [1.82, 2.24) is 10.2 Å². The smallest absolute Gasteiger partial charge is 0.210 e. The van der Waals surface area contributed by atoms with E-state index in [-0.39, 0.29) is 11.2 Å². The number of anilines is 2. The quantitative estimate of drug-likeness (QED) is 0.508. The Balaban J connectivity index is 1.55. The van der Waals surface area contributed by atoms with E-state index in [2.05, 4.69) is 15.5 Å². The number of nitrogens with zero attached hydrogens (tertiary/aromatic N) is 2. The fourth-order valence-corrected chi connectivity index (χ4v) is 3.95. The van der Waals surface area contributed by atoms with Gasteiger partial charge < -0.3 is 10.1 Å². The van der Waals surface area contributed by atoms with Crippen LogP contribution in [0, 0.1) is 5.41 Å². The first-order valence-electron chi connectivity index (χ1n) is 8.50. The number of ether oxygens (including phenoxy) is 1. The van der Waals surface area contributed by atoms with Crippen molar-refractivity contribution >= 4 is 39.7 Å². The Morgan fingerprint density at radius 1 is 1.04 bits per heavy atom. The first kappa shape index (κ1) is 19.4. The lowest BCUT2D eigenvalue weighted by molar-refractivity contribution is -0.123. The van der Waals surface area contributed by atoms with Crippen molar-refractivity contribution in [3.8, 4) is 11.5 Å². The molecule has 3 aromatic rings. The Labute approximate surface area is 167 Å². The van der Waals surface area contributed by atoms with E-state index in [0.29, 0.717) is 10.9 Å². The number of rotatable bonds is 7. The minimum absolute atomic E-state index is 0.200. The molecule has 0 fully saturated rings. The molecule has 0 amide bonds. The van der Waals surface area contributed by atoms with Crippen molar-refractivity contribution in [2.75, 3.05) is 11.1 Å². The van der Waals surface area contributed by atoms with Gasteiger partial charge in [0.25, 0.3) is 0 Å². The molecule has 1 aromatic heterocycles. The number of para-hydroxylation sites is 1. The SMILES string of the molecule is CC(C)(C)C(=O)CSc1nnc(Nc2ccc(Oc3ccccc3)cc2)s1. The maximum atomic E-state index is 12.0. The number of Topliss-reactive ketones (excluding diaryl/α,β-unsaturated/α-hetero) is 1. The van der Waals surface area contributed by atoms with Gasteiger partial charge >= 0.3 is 0 Å². The zero-order valence-electron chi connectivity index (χ0n) is 15.4. The van der Waals surface area contributed by atoms with Crippen LogP contribution in [0.5, 0.6) is 11.5 Å². The molecule has 140 valence electrons. The molecule has 0 aliphatic rings. The van der Waals surface area contributed by atoms with Crippen LogP contribution in [0.25, 0.3) is 0 Å². The van der Waals surface area contributed by atoms with Crippen LogP contribution in [0.3, 0.4) is 0 Å². The molecule has 7 heteroatoms. The minimum Gasteiger partial charge on any atom is -0.457 e. The molecule has 27 heavy (non-hydrogen) atoms. The van der Waals surface area contributed by atoms with Crippen LogP contribution in [0.2, 0.25) is 0 Å². The van der Waals surface area contributed by atoms with E-state index < -0.39 is 0 Å². The monoisotopic (exact) mass is 399 g/mol. The summed E-state index contributed by atoms with van der Waals surface area (Å²) in [5, 5.41) is 12.2. The molecule has 0 unspecified atom stereocenters. The Kier molecular flexibility index (Phi) is 6.13. The van der Waals surface area contributed by atoms with E-state index in [1.165, 1.54) is 23.1 Å². The molecule has 0 aliphatic heterocycles. The van der Waals surface area contributed by atoms with Crippen LogP contribution < -0.4 is 10.1 Å². The minimum atomic E-state index is -0.331. The van der Waals surface area contributed by atoms with Crippen LogP contribution in [-0.2, 0) is 4.79 Å². The summed E-state index contributed by atoms with van der Waals surface area (Å²) < 4.78 is 6.56. The Bertz CT molecular complexity index is 888. The van der Waals surface area contributed by atoms with Gasteiger partial charge in [-0.3, -0.25) is 4.79 Å². The predicted molar refractivity (Wildman–Crippen MR) is 111 cm³/mol. The summed E-state index contributed by atoms with van der Waals surface area (Å²) in [5.74, 6) is 2.17. The zero-order chi connectivity index (χ0) is 19.3. The van der Waals surface area contributed by atoms with Gasteiger partial charge in [-0.25, -0.2) is 0 Å². The Morgan fingerprint density at radius 2 is 1.70 bits per heavy atom. The van der Waals surface area contributed by atoms with Crippen molar-refractivity contribution in [3.63, 3.8) is 0 Å². The second kappa shape index (κ2) is 8.54. The molecular formula is C20H21N3O2S2. The lowest BCUT2D eigenvalue weighted by Crippen LogP contribution is -2.21. The highest BCUT2D eigenvalue weighted by atomic mass is 32.2. The van der Waals surface area contributed by atoms with Crippen LogP contribution in [0.4, 0.5) is 10.8 Å². The third kappa shape index (κ3) is 5.80. The summed E-state index contributed by atoms with van der Waals surface area (Å²) in [5.41, 5.74) is 0.566. The van der Waals surface area contributed by atoms with Gasteiger partial charge in [-0.15, -0.1) is 10.2 Å². The molecule has 1 N–H and O–H groups in total. The zero-order valence-corrected chi connectivity index (χ0v) is 17.1. The fraction of sp³-hybridized carbons (Fsp3) is 0.250. The number of benzene rings is 2. The van der Waals surface area contributed by atoms with Gasteiger partial charge in [-0.2, -0.15) is 0 Å². The summed E-state index contributed by atoms with van der Waals surface area (Å²) >= 11 is 2.86. The summed E-state index contributed by atoms with van der Waals surface area (Å²) in [6.07, 6.45) is 0. The third-order valence-electron chi connectivity index (χ3n) is 3.65. The molecule has 0 saturated heterocycles. The van der Waals surface area contributed by atoms with Crippen LogP contribution in [-0.4, -0.2) is 21.7 Å². The predicted octanol–water partition coefficient (Wildman–Crippen LogP) is 5.78. The van der Waals surface area contributed by atoms with E-state index in [1.807, 2.05) is 75.4 Å². The number of carbonyl (C=O) groups is 1. The largest absolute Gasteiger partial charge is 0.457 e. The van der Waals surface area contributed by atoms with Crippen molar-refractivity contribution in [2.45, 2.75) is 25.1 Å². The Hall–Kier alpha value is -2.38. The van der Waals surface area contributed by atoms with E-state index in [0.717, 1.165) is 21.5 Å². The number of hydrogen-bond acceptors (Lipinski definition) is 7. The second-order valence-corrected chi connectivity index (χ2v) is 9.10. The fourth-order valence-electron chi connectivity index (χ4n) is 2.02. The van der Waals surface area contributed by atoms with Gasteiger partial charge in [-0.1, -0.05) is 62.1 Å². The number of ketones is 1. The topological polar surface area (TPSA) is 64.1 Å². The molecule has 0 aliphatic carbocycles. The number of aromatic nitrogens is 2. The van der Waals surface area contributed by atoms with Gasteiger partial charge in [0.15, 0.2) is 4.34 Å². The molecular weight excluding hydrogens is 378 g/mol. The molecule has 0 spiro atoms. The first-order valence-corrected chi connectivity index (χ1v) is 10.3. The maximum Gasteiger partial charge on any atom is 0.210 e. The van der Waals surface area contributed by atoms with Gasteiger partial charge in [-0.05, 0) is 36.4 Å². The van der Waals surface area contributed by atoms with Crippen LogP contribution >= 0.6 is 23.1 Å². The second-order valence-electron chi connectivity index (χ2n) is 6.90. The summed E-state index contributed by atoms with van der Waals surface area (Å²) in [6, 6.07) is 17.3. The average molecular weight is 400 g/mol. The van der Waals surface area contributed by atoms with Crippen molar-refractivity contribution in [3.05, 3.63) is 54.6 Å². The van der Waals surface area contributed by atoms with Crippen molar-refractivity contribution < 1.29 is 9.53 Å². The highest BCUT2D eigenvalue weighted by molar-refractivity contribution is 8.01. The van der Waals surface area contributed by atoms with E-state index in [9.17, 15) is 4.79 Å². The van der Waals surface area contributed by atoms with E-state index >= 15 is 0 Å². The molecule has 3 rings (SSSR count). The number of carbonyl (C=O) groups excluding carboxylic acids is 1. The maximum absolute atomic E-state index is 12.0. The summed E-state index contributed by atoms with van der Waals surface area (Å²) in [7, 11) is 0. The van der Waals surface area contributed by atoms with Crippen LogP contribution in [0.1, 0.15) is 20.8 Å². The molecule has 1 heterocycles. The third-order valence-corrected chi connectivity index (χ3v) is 5.63. The van der Waals surface area contributed by atoms with Crippen LogP contribution in [0.15, 0.2) is 58.9 Å². The molecule has 2 aromatic carbocycles. The molecule has 0 bridgehead atoms. The highest BCUT2D eigenvalue weighted by Crippen LogP contribution is 2.30. The molecule has 5 nitrogen and oxygen atoms in total. The first-order chi connectivity index (χ1) is 12.9. The van der Waals surface area contributed by atoms with Gasteiger partial charge in [0.2, 0.25) is 5.13 Å². The van der Waals surface area contributed by atoms with Crippen molar-refractivity contribution in [1.29, 1.82) is 0 Å². The van der Waals surface area contributed by atoms with Gasteiger partial charge in [0, 0.05) is 11.1 Å². The molecule has 0 radical (unpaired) electrons. The highest BCUT2D eigenvalue weighted by Gasteiger charge is 2.21. The lowest BCUT2D eigenvalue weighted by Gasteiger charge is -2.15. The lowest BCUT2D eigenvalue weighted by atomic mass is 9.92. The normalized spacial score (nSPS) is 11.2. The Morgan fingerprint density at radius 3 is 2.37 bits per heavy atom. The van der Waals surface area contributed by atoms with E-state index in [4.69, 9.17) is 4.74 Å². The summed E-state index contributed by atoms with van der Waals surface area (Å²) in [6.45, 7) is 5.77. The standard InChI is InChI=1S/C20H21N3O2S2/c1-20(2,3)17(24)13-26-19-23-22-18(27-19)21-14-9-11-16(12-10-14)25-15-7-5-4-6-8-15/h4-12H,13H2,1-3H3,(H,21,22). The van der Waals surface area contributed by atoms with E-state index in [1.54, 1.807) is 0 Å². The number of thioether (sulfide) groups is 1. The van der Waals surface area contributed by atoms with Crippen molar-refractivity contribution in [2.24, 2.45) is 5.41 Å². The molecule has 0 saturated carbocycles. The van der Waals surface area contributed by atoms with Gasteiger partial charge in [0.1, 0.15) is 17.3 Å². The number of nitrogens with one attached hydrogen (secondary N) is 1. The molecule has 0 atom stereocenters. The number of hydrogen-bond donors (Lipinski definition) is 1. The average Bonchev–Trinajstić information content (AvgIpc) is 3.09.